The quantitative estimate of drug-likeness (QED) is 0.786. The molecule has 2 aromatic carbocycles. The van der Waals surface area contributed by atoms with Gasteiger partial charge in [-0.2, -0.15) is 13.2 Å². The Morgan fingerprint density at radius 2 is 1.79 bits per heavy atom. The van der Waals surface area contributed by atoms with Gasteiger partial charge in [-0.25, -0.2) is 4.79 Å². The molecule has 1 aliphatic heterocycles. The van der Waals surface area contributed by atoms with Crippen LogP contribution in [0.2, 0.25) is 0 Å². The van der Waals surface area contributed by atoms with Gasteiger partial charge in [0.2, 0.25) is 0 Å². The standard InChI is InChI=1S/C20H20F3NO4/c1-27-19(26)13-2-6-15(7-3-13)24-11-18(10-16(24)12-25)28-17-8-4-14(5-9-17)20(21,22)23/h2-9,16,18,25H,10-12H2,1H3/t16-,18-/m0/s1. The number of anilines is 1. The second-order valence-corrected chi connectivity index (χ2v) is 6.52. The van der Waals surface area contributed by atoms with Gasteiger partial charge in [0.15, 0.2) is 0 Å². The minimum absolute atomic E-state index is 0.0916. The molecule has 0 spiro atoms. The van der Waals surface area contributed by atoms with Crippen molar-refractivity contribution in [1.82, 2.24) is 0 Å². The molecule has 0 aliphatic carbocycles. The Hall–Kier alpha value is -2.74. The number of hydrogen-bond acceptors (Lipinski definition) is 5. The van der Waals surface area contributed by atoms with E-state index in [2.05, 4.69) is 4.74 Å². The van der Waals surface area contributed by atoms with E-state index in [1.54, 1.807) is 24.3 Å². The minimum Gasteiger partial charge on any atom is -0.489 e. The Bertz CT molecular complexity index is 806. The van der Waals surface area contributed by atoms with Crippen molar-refractivity contribution < 1.29 is 32.5 Å². The molecule has 1 saturated heterocycles. The summed E-state index contributed by atoms with van der Waals surface area (Å²) in [5.41, 5.74) is 0.501. The van der Waals surface area contributed by atoms with Crippen LogP contribution in [-0.4, -0.2) is 43.5 Å². The van der Waals surface area contributed by atoms with Crippen LogP contribution in [0.4, 0.5) is 18.9 Å². The van der Waals surface area contributed by atoms with Gasteiger partial charge in [0.05, 0.1) is 37.4 Å². The number of methoxy groups -OCH3 is 1. The Morgan fingerprint density at radius 1 is 1.14 bits per heavy atom. The fourth-order valence-electron chi connectivity index (χ4n) is 3.27. The molecule has 2 atom stereocenters. The molecule has 1 fully saturated rings. The van der Waals surface area contributed by atoms with Crippen LogP contribution in [0.3, 0.4) is 0 Å². The van der Waals surface area contributed by atoms with E-state index < -0.39 is 17.7 Å². The molecule has 2 aromatic rings. The Morgan fingerprint density at radius 3 is 2.32 bits per heavy atom. The highest BCUT2D eigenvalue weighted by Gasteiger charge is 2.34. The summed E-state index contributed by atoms with van der Waals surface area (Å²) in [6.45, 7) is 0.370. The monoisotopic (exact) mass is 395 g/mol. The highest BCUT2D eigenvalue weighted by molar-refractivity contribution is 5.89. The van der Waals surface area contributed by atoms with E-state index in [-0.39, 0.29) is 18.8 Å². The van der Waals surface area contributed by atoms with Gasteiger partial charge in [-0.1, -0.05) is 0 Å². The zero-order chi connectivity index (χ0) is 20.3. The highest BCUT2D eigenvalue weighted by atomic mass is 19.4. The predicted molar refractivity (Wildman–Crippen MR) is 96.5 cm³/mol. The number of aliphatic hydroxyl groups excluding tert-OH is 1. The summed E-state index contributed by atoms with van der Waals surface area (Å²) in [5, 5.41) is 9.69. The summed E-state index contributed by atoms with van der Waals surface area (Å²) in [6.07, 6.45) is -4.15. The number of aliphatic hydroxyl groups is 1. The maximum Gasteiger partial charge on any atom is 0.416 e. The lowest BCUT2D eigenvalue weighted by molar-refractivity contribution is -0.137. The molecular weight excluding hydrogens is 375 g/mol. The van der Waals surface area contributed by atoms with Crippen molar-refractivity contribution >= 4 is 11.7 Å². The zero-order valence-electron chi connectivity index (χ0n) is 15.1. The third-order valence-corrected chi connectivity index (χ3v) is 4.69. The molecule has 0 amide bonds. The molecule has 1 N–H and O–H groups in total. The van der Waals surface area contributed by atoms with Crippen LogP contribution in [0.5, 0.6) is 5.75 Å². The summed E-state index contributed by atoms with van der Waals surface area (Å²) >= 11 is 0. The predicted octanol–water partition coefficient (Wildman–Crippen LogP) is 3.51. The van der Waals surface area contributed by atoms with Gasteiger partial charge in [-0.3, -0.25) is 0 Å². The molecule has 28 heavy (non-hydrogen) atoms. The third kappa shape index (κ3) is 4.39. The highest BCUT2D eigenvalue weighted by Crippen LogP contribution is 2.32. The summed E-state index contributed by atoms with van der Waals surface area (Å²) in [7, 11) is 1.31. The number of ether oxygens (including phenoxy) is 2. The lowest BCUT2D eigenvalue weighted by Crippen LogP contribution is -2.32. The Labute approximate surface area is 160 Å². The van der Waals surface area contributed by atoms with Crippen molar-refractivity contribution in [2.45, 2.75) is 24.7 Å². The van der Waals surface area contributed by atoms with Crippen molar-refractivity contribution in [2.24, 2.45) is 0 Å². The lowest BCUT2D eigenvalue weighted by Gasteiger charge is -2.25. The fourth-order valence-corrected chi connectivity index (χ4v) is 3.27. The molecule has 0 radical (unpaired) electrons. The van der Waals surface area contributed by atoms with E-state index in [0.29, 0.717) is 24.3 Å². The normalized spacial score (nSPS) is 19.5. The van der Waals surface area contributed by atoms with Crippen LogP contribution in [0.25, 0.3) is 0 Å². The first-order valence-electron chi connectivity index (χ1n) is 8.71. The second-order valence-electron chi connectivity index (χ2n) is 6.52. The van der Waals surface area contributed by atoms with Crippen molar-refractivity contribution in [3.8, 4) is 5.75 Å². The van der Waals surface area contributed by atoms with Crippen molar-refractivity contribution in [1.29, 1.82) is 0 Å². The maximum atomic E-state index is 12.7. The molecule has 0 saturated carbocycles. The average molecular weight is 395 g/mol. The fraction of sp³-hybridized carbons (Fsp3) is 0.350. The topological polar surface area (TPSA) is 59.0 Å². The number of rotatable bonds is 5. The van der Waals surface area contributed by atoms with E-state index in [9.17, 15) is 23.1 Å². The molecule has 150 valence electrons. The number of benzene rings is 2. The first-order chi connectivity index (χ1) is 13.3. The van der Waals surface area contributed by atoms with Crippen molar-refractivity contribution in [3.63, 3.8) is 0 Å². The Kier molecular flexibility index (Phi) is 5.79. The maximum absolute atomic E-state index is 12.7. The number of halogens is 3. The van der Waals surface area contributed by atoms with Crippen LogP contribution in [-0.2, 0) is 10.9 Å². The summed E-state index contributed by atoms with van der Waals surface area (Å²) < 4.78 is 48.5. The first-order valence-corrected chi connectivity index (χ1v) is 8.71. The largest absolute Gasteiger partial charge is 0.489 e. The molecule has 1 aliphatic rings. The van der Waals surface area contributed by atoms with Crippen LogP contribution in [0.15, 0.2) is 48.5 Å². The van der Waals surface area contributed by atoms with E-state index in [0.717, 1.165) is 17.8 Å². The van der Waals surface area contributed by atoms with Crippen molar-refractivity contribution in [2.75, 3.05) is 25.2 Å². The Balaban J connectivity index is 1.68. The number of carbonyl (C=O) groups is 1. The second kappa shape index (κ2) is 8.10. The number of carbonyl (C=O) groups excluding carboxylic acids is 1. The molecular formula is C20H20F3NO4. The van der Waals surface area contributed by atoms with E-state index >= 15 is 0 Å². The molecule has 3 rings (SSSR count). The summed E-state index contributed by atoms with van der Waals surface area (Å²) in [4.78, 5) is 13.5. The number of alkyl halides is 3. The average Bonchev–Trinajstić information content (AvgIpc) is 3.10. The van der Waals surface area contributed by atoms with Gasteiger partial charge in [0.25, 0.3) is 0 Å². The smallest absolute Gasteiger partial charge is 0.416 e. The molecule has 5 nitrogen and oxygen atoms in total. The van der Waals surface area contributed by atoms with Crippen LogP contribution < -0.4 is 9.64 Å². The van der Waals surface area contributed by atoms with E-state index in [4.69, 9.17) is 4.74 Å². The third-order valence-electron chi connectivity index (χ3n) is 4.69. The van der Waals surface area contributed by atoms with E-state index in [1.165, 1.54) is 19.2 Å². The van der Waals surface area contributed by atoms with Crippen molar-refractivity contribution in [3.05, 3.63) is 59.7 Å². The van der Waals surface area contributed by atoms with Gasteiger partial charge < -0.3 is 19.5 Å². The van der Waals surface area contributed by atoms with Crippen LogP contribution >= 0.6 is 0 Å². The lowest BCUT2D eigenvalue weighted by atomic mass is 10.1. The van der Waals surface area contributed by atoms with Gasteiger partial charge in [-0.15, -0.1) is 0 Å². The van der Waals surface area contributed by atoms with Crippen LogP contribution in [0, 0.1) is 0 Å². The molecule has 8 heteroatoms. The molecule has 0 bridgehead atoms. The first kappa shape index (κ1) is 20.0. The van der Waals surface area contributed by atoms with Crippen LogP contribution in [0.1, 0.15) is 22.3 Å². The molecule has 1 heterocycles. The number of nitrogens with zero attached hydrogens (tertiary/aromatic N) is 1. The zero-order valence-corrected chi connectivity index (χ0v) is 15.1. The van der Waals surface area contributed by atoms with Gasteiger partial charge >= 0.3 is 12.1 Å². The molecule has 0 unspecified atom stereocenters. The summed E-state index contributed by atoms with van der Waals surface area (Å²) in [5.74, 6) is -0.0900. The SMILES string of the molecule is COC(=O)c1ccc(N2C[C@@H](Oc3ccc(C(F)(F)F)cc3)C[C@H]2CO)cc1. The minimum atomic E-state index is -4.39. The number of hydrogen-bond donors (Lipinski definition) is 1. The van der Waals surface area contributed by atoms with Gasteiger partial charge in [0, 0.05) is 12.1 Å². The van der Waals surface area contributed by atoms with E-state index in [1.807, 2.05) is 4.90 Å². The summed E-state index contributed by atoms with van der Waals surface area (Å²) in [6, 6.07) is 11.2. The van der Waals surface area contributed by atoms with Gasteiger partial charge in [-0.05, 0) is 48.5 Å². The van der Waals surface area contributed by atoms with Gasteiger partial charge in [0.1, 0.15) is 11.9 Å². The number of esters is 1. The molecule has 0 aromatic heterocycles.